The van der Waals surface area contributed by atoms with E-state index in [-0.39, 0.29) is 0 Å². The largest absolute Gasteiger partial charge is 0.496 e. The van der Waals surface area contributed by atoms with Crippen molar-refractivity contribution in [2.75, 3.05) is 20.2 Å². The van der Waals surface area contributed by atoms with Crippen molar-refractivity contribution in [2.45, 2.75) is 18.8 Å². The van der Waals surface area contributed by atoms with Crippen molar-refractivity contribution >= 4 is 12.0 Å². The van der Waals surface area contributed by atoms with Crippen LogP contribution in [0.1, 0.15) is 11.1 Å². The van der Waals surface area contributed by atoms with Crippen LogP contribution < -0.4 is 4.74 Å². The zero-order valence-electron chi connectivity index (χ0n) is 11.8. The molecule has 1 fully saturated rings. The Labute approximate surface area is 122 Å². The molecule has 0 aromatic heterocycles. The fourth-order valence-electron chi connectivity index (χ4n) is 2.41. The van der Waals surface area contributed by atoms with Crippen LogP contribution in [0.3, 0.4) is 0 Å². The normalized spacial score (nSPS) is 22.8. The highest BCUT2D eigenvalue weighted by Crippen LogP contribution is 2.23. The molecule has 2 unspecified atom stereocenters. The zero-order chi connectivity index (χ0) is 15.4. The predicted molar refractivity (Wildman–Crippen MR) is 77.0 cm³/mol. The standard InChI is InChI=1S/C15H19NO5/c1-21-14-4-2-10(6-11(14)3-5-15(19)20)7-16-8-12(17)13(18)9-16/h2-6,12-13,17-18H,7-9H2,1H3,(H,19,20)/b5-3+. The molecule has 1 heterocycles. The van der Waals surface area contributed by atoms with E-state index in [1.54, 1.807) is 6.07 Å². The van der Waals surface area contributed by atoms with Gasteiger partial charge in [0.05, 0.1) is 19.3 Å². The van der Waals surface area contributed by atoms with E-state index in [0.717, 1.165) is 11.6 Å². The number of β-amino-alcohol motifs (C(OH)–C–C–N with tert-alkyl or cyclic N) is 2. The van der Waals surface area contributed by atoms with Crippen LogP contribution in [0.5, 0.6) is 5.75 Å². The van der Waals surface area contributed by atoms with Gasteiger partial charge < -0.3 is 20.1 Å². The number of likely N-dealkylation sites (tertiary alicyclic amines) is 1. The summed E-state index contributed by atoms with van der Waals surface area (Å²) in [6.45, 7) is 1.42. The molecule has 0 saturated carbocycles. The van der Waals surface area contributed by atoms with Crippen molar-refractivity contribution in [3.05, 3.63) is 35.4 Å². The number of carbonyl (C=O) groups is 1. The Morgan fingerprint density at radius 2 is 2.05 bits per heavy atom. The van der Waals surface area contributed by atoms with Gasteiger partial charge in [0.15, 0.2) is 0 Å². The highest BCUT2D eigenvalue weighted by Gasteiger charge is 2.29. The number of nitrogens with zero attached hydrogens (tertiary/aromatic N) is 1. The molecule has 3 N–H and O–H groups in total. The number of rotatable bonds is 5. The van der Waals surface area contributed by atoms with Gasteiger partial charge in [0.1, 0.15) is 5.75 Å². The Morgan fingerprint density at radius 3 is 2.62 bits per heavy atom. The molecule has 1 aromatic rings. The van der Waals surface area contributed by atoms with E-state index in [9.17, 15) is 15.0 Å². The van der Waals surface area contributed by atoms with E-state index < -0.39 is 18.2 Å². The van der Waals surface area contributed by atoms with E-state index in [4.69, 9.17) is 9.84 Å². The van der Waals surface area contributed by atoms with E-state index >= 15 is 0 Å². The number of hydrogen-bond acceptors (Lipinski definition) is 5. The summed E-state index contributed by atoms with van der Waals surface area (Å²) in [5.41, 5.74) is 1.64. The molecule has 0 bridgehead atoms. The minimum atomic E-state index is -1.02. The minimum Gasteiger partial charge on any atom is -0.496 e. The molecule has 6 nitrogen and oxygen atoms in total. The number of ether oxygens (including phenoxy) is 1. The maximum Gasteiger partial charge on any atom is 0.328 e. The lowest BCUT2D eigenvalue weighted by Gasteiger charge is -2.16. The molecule has 1 aliphatic heterocycles. The second-order valence-corrected chi connectivity index (χ2v) is 5.08. The maximum absolute atomic E-state index is 10.6. The number of hydrogen-bond donors (Lipinski definition) is 3. The third kappa shape index (κ3) is 4.04. The second-order valence-electron chi connectivity index (χ2n) is 5.08. The van der Waals surface area contributed by atoms with Gasteiger partial charge in [-0.15, -0.1) is 0 Å². The first-order chi connectivity index (χ1) is 9.99. The van der Waals surface area contributed by atoms with Gasteiger partial charge in [0.2, 0.25) is 0 Å². The Bertz CT molecular complexity index is 533. The SMILES string of the molecule is COc1ccc(CN2CC(O)C(O)C2)cc1/C=C/C(=O)O. The summed E-state index contributed by atoms with van der Waals surface area (Å²) in [7, 11) is 1.53. The van der Waals surface area contributed by atoms with Crippen molar-refractivity contribution in [3.8, 4) is 5.75 Å². The Morgan fingerprint density at radius 1 is 1.38 bits per heavy atom. The molecular formula is C15H19NO5. The van der Waals surface area contributed by atoms with Crippen LogP contribution in [0.25, 0.3) is 6.08 Å². The summed E-state index contributed by atoms with van der Waals surface area (Å²) < 4.78 is 5.20. The molecule has 2 rings (SSSR count). The van der Waals surface area contributed by atoms with E-state index in [0.29, 0.717) is 30.9 Å². The van der Waals surface area contributed by atoms with Crippen molar-refractivity contribution < 1.29 is 24.9 Å². The summed E-state index contributed by atoms with van der Waals surface area (Å²) in [6.07, 6.45) is 1.12. The highest BCUT2D eigenvalue weighted by atomic mass is 16.5. The van der Waals surface area contributed by atoms with Gasteiger partial charge in [-0.2, -0.15) is 0 Å². The number of methoxy groups -OCH3 is 1. The summed E-state index contributed by atoms with van der Waals surface area (Å²) in [4.78, 5) is 12.6. The van der Waals surface area contributed by atoms with E-state index in [1.165, 1.54) is 13.2 Å². The number of carboxylic acids is 1. The molecule has 2 atom stereocenters. The van der Waals surface area contributed by atoms with Gasteiger partial charge in [-0.05, 0) is 23.8 Å². The summed E-state index contributed by atoms with van der Waals surface area (Å²) in [5.74, 6) is -0.425. The lowest BCUT2D eigenvalue weighted by atomic mass is 10.1. The molecular weight excluding hydrogens is 274 g/mol. The first-order valence-corrected chi connectivity index (χ1v) is 6.66. The Balaban J connectivity index is 2.14. The lowest BCUT2D eigenvalue weighted by molar-refractivity contribution is -0.131. The molecule has 21 heavy (non-hydrogen) atoms. The topological polar surface area (TPSA) is 90.2 Å². The Hall–Kier alpha value is -1.89. The maximum atomic E-state index is 10.6. The van der Waals surface area contributed by atoms with Crippen molar-refractivity contribution in [3.63, 3.8) is 0 Å². The van der Waals surface area contributed by atoms with Crippen molar-refractivity contribution in [2.24, 2.45) is 0 Å². The van der Waals surface area contributed by atoms with Crippen LogP contribution in [0.4, 0.5) is 0 Å². The molecule has 1 saturated heterocycles. The van der Waals surface area contributed by atoms with Crippen LogP contribution in [0.15, 0.2) is 24.3 Å². The molecule has 114 valence electrons. The molecule has 1 aromatic carbocycles. The smallest absolute Gasteiger partial charge is 0.328 e. The van der Waals surface area contributed by atoms with E-state index in [2.05, 4.69) is 0 Å². The second kappa shape index (κ2) is 6.71. The molecule has 0 aliphatic carbocycles. The van der Waals surface area contributed by atoms with Gasteiger partial charge in [0, 0.05) is 31.3 Å². The average Bonchev–Trinajstić information content (AvgIpc) is 2.75. The average molecular weight is 293 g/mol. The quantitative estimate of drug-likeness (QED) is 0.678. The van der Waals surface area contributed by atoms with Crippen molar-refractivity contribution in [1.29, 1.82) is 0 Å². The zero-order valence-corrected chi connectivity index (χ0v) is 11.8. The van der Waals surface area contributed by atoms with Gasteiger partial charge in [-0.1, -0.05) is 6.07 Å². The van der Waals surface area contributed by atoms with Crippen molar-refractivity contribution in [1.82, 2.24) is 4.90 Å². The number of aliphatic carboxylic acids is 1. The highest BCUT2D eigenvalue weighted by molar-refractivity contribution is 5.85. The predicted octanol–water partition coefficient (Wildman–Crippen LogP) is 0.330. The minimum absolute atomic E-state index is 0.424. The van der Waals surface area contributed by atoms with Crippen LogP contribution in [0, 0.1) is 0 Å². The number of aliphatic hydroxyl groups excluding tert-OH is 2. The molecule has 6 heteroatoms. The van der Waals surface area contributed by atoms with Gasteiger partial charge >= 0.3 is 5.97 Å². The van der Waals surface area contributed by atoms with E-state index in [1.807, 2.05) is 17.0 Å². The van der Waals surface area contributed by atoms with Crippen LogP contribution >= 0.6 is 0 Å². The lowest BCUT2D eigenvalue weighted by Crippen LogP contribution is -2.22. The summed E-state index contributed by atoms with van der Waals surface area (Å²) in [5, 5.41) is 27.8. The van der Waals surface area contributed by atoms with Crippen LogP contribution in [-0.4, -0.2) is 58.6 Å². The van der Waals surface area contributed by atoms with Gasteiger partial charge in [-0.3, -0.25) is 4.90 Å². The molecule has 0 amide bonds. The first-order valence-electron chi connectivity index (χ1n) is 6.66. The number of carboxylic acid groups (broad SMARTS) is 1. The monoisotopic (exact) mass is 293 g/mol. The summed E-state index contributed by atoms with van der Waals surface area (Å²) >= 11 is 0. The molecule has 1 aliphatic rings. The Kier molecular flexibility index (Phi) is 4.95. The molecule has 0 spiro atoms. The third-order valence-electron chi connectivity index (χ3n) is 3.44. The fraction of sp³-hybridized carbons (Fsp3) is 0.400. The van der Waals surface area contributed by atoms with Crippen LogP contribution in [-0.2, 0) is 11.3 Å². The van der Waals surface area contributed by atoms with Crippen LogP contribution in [0.2, 0.25) is 0 Å². The fourth-order valence-corrected chi connectivity index (χ4v) is 2.41. The first kappa shape index (κ1) is 15.5. The van der Waals surface area contributed by atoms with Gasteiger partial charge in [0.25, 0.3) is 0 Å². The molecule has 0 radical (unpaired) electrons. The summed E-state index contributed by atoms with van der Waals surface area (Å²) in [6, 6.07) is 5.50. The number of benzene rings is 1. The third-order valence-corrected chi connectivity index (χ3v) is 3.44. The van der Waals surface area contributed by atoms with Gasteiger partial charge in [-0.25, -0.2) is 4.79 Å². The number of aliphatic hydroxyl groups is 2.